The Kier molecular flexibility index (Phi) is 5.95. The second-order valence-corrected chi connectivity index (χ2v) is 9.03. The lowest BCUT2D eigenvalue weighted by molar-refractivity contribution is -0.912. The minimum Gasteiger partial charge on any atom is -0.497 e. The number of rotatable bonds is 6. The first-order valence-electron chi connectivity index (χ1n) is 11.6. The fourth-order valence-electron chi connectivity index (χ4n) is 5.35. The van der Waals surface area contributed by atoms with Crippen molar-refractivity contribution < 1.29 is 24.2 Å². The van der Waals surface area contributed by atoms with Gasteiger partial charge in [0.1, 0.15) is 18.4 Å². The van der Waals surface area contributed by atoms with Gasteiger partial charge in [0.2, 0.25) is 0 Å². The van der Waals surface area contributed by atoms with Gasteiger partial charge in [-0.25, -0.2) is 0 Å². The predicted octanol–water partition coefficient (Wildman–Crippen LogP) is 2.46. The summed E-state index contributed by atoms with van der Waals surface area (Å²) in [5.41, 5.74) is 4.49. The van der Waals surface area contributed by atoms with Crippen LogP contribution in [-0.2, 0) is 16.0 Å². The third-order valence-electron chi connectivity index (χ3n) is 7.11. The van der Waals surface area contributed by atoms with Crippen LogP contribution < -0.4 is 9.64 Å². The minimum absolute atomic E-state index is 0.372. The number of likely N-dealkylation sites (tertiary alicyclic amines) is 1. The molecule has 0 unspecified atom stereocenters. The number of quaternary nitrogens is 1. The number of ether oxygens (including phenoxy) is 3. The van der Waals surface area contributed by atoms with Gasteiger partial charge in [0.25, 0.3) is 0 Å². The first kappa shape index (κ1) is 21.5. The van der Waals surface area contributed by atoms with E-state index in [4.69, 9.17) is 14.2 Å². The van der Waals surface area contributed by atoms with E-state index in [1.807, 2.05) is 12.1 Å². The molecule has 170 valence electrons. The molecule has 1 atom stereocenters. The molecule has 0 saturated carbocycles. The summed E-state index contributed by atoms with van der Waals surface area (Å²) in [6, 6.07) is 16.6. The molecule has 2 aliphatic heterocycles. The van der Waals surface area contributed by atoms with Crippen LogP contribution in [0.25, 0.3) is 10.9 Å². The zero-order valence-electron chi connectivity index (χ0n) is 19.0. The molecule has 2 fully saturated rings. The first-order valence-corrected chi connectivity index (χ1v) is 11.6. The molecule has 2 N–H and O–H groups in total. The summed E-state index contributed by atoms with van der Waals surface area (Å²) >= 11 is 0. The molecular weight excluding hydrogens is 404 g/mol. The normalized spacial score (nSPS) is 19.6. The van der Waals surface area contributed by atoms with E-state index in [0.717, 1.165) is 60.4 Å². The molecule has 0 amide bonds. The summed E-state index contributed by atoms with van der Waals surface area (Å²) in [4.78, 5) is 1.40. The Hall–Kier alpha value is -2.38. The Balaban J connectivity index is 1.42. The van der Waals surface area contributed by atoms with Crippen LogP contribution in [0.2, 0.25) is 0 Å². The highest BCUT2D eigenvalue weighted by Gasteiger charge is 2.42. The number of methoxy groups -OCH3 is 1. The molecule has 3 aromatic rings. The van der Waals surface area contributed by atoms with Crippen LogP contribution in [0.1, 0.15) is 35.8 Å². The summed E-state index contributed by atoms with van der Waals surface area (Å²) in [6.45, 7) is 6.85. The molecule has 3 heterocycles. The van der Waals surface area contributed by atoms with E-state index in [0.29, 0.717) is 19.8 Å². The van der Waals surface area contributed by atoms with Crippen molar-refractivity contribution >= 4 is 10.9 Å². The molecule has 2 aliphatic rings. The van der Waals surface area contributed by atoms with Gasteiger partial charge in [0, 0.05) is 28.7 Å². The molecule has 1 spiro atoms. The van der Waals surface area contributed by atoms with Crippen LogP contribution in [0.5, 0.6) is 5.75 Å². The van der Waals surface area contributed by atoms with Crippen LogP contribution in [0, 0.1) is 6.92 Å². The van der Waals surface area contributed by atoms with Crippen LogP contribution in [0.15, 0.2) is 48.5 Å². The zero-order chi connectivity index (χ0) is 22.1. The lowest BCUT2D eigenvalue weighted by Gasteiger charge is -2.36. The van der Waals surface area contributed by atoms with Crippen molar-refractivity contribution in [3.8, 4) is 5.75 Å². The average Bonchev–Trinajstić information content (AvgIpc) is 3.38. The van der Waals surface area contributed by atoms with Gasteiger partial charge in [-0.3, -0.25) is 0 Å². The standard InChI is InChI=1S/C26H32N2O4/c1-19-25(24(29)18-27-12-10-26(11-13-27)31-14-15-32-26)22-16-21(30-2)8-9-23(22)28(19)17-20-6-4-3-5-7-20/h3-9,16,24,29H,10-15,17-18H2,1-2H3/p+1/t24-/m1/s1. The molecule has 0 bridgehead atoms. The third kappa shape index (κ3) is 4.04. The summed E-state index contributed by atoms with van der Waals surface area (Å²) < 4.78 is 19.5. The van der Waals surface area contributed by atoms with Gasteiger partial charge >= 0.3 is 0 Å². The van der Waals surface area contributed by atoms with Gasteiger partial charge in [0.15, 0.2) is 5.79 Å². The maximum absolute atomic E-state index is 11.4. The van der Waals surface area contributed by atoms with Gasteiger partial charge in [-0.05, 0) is 30.7 Å². The Labute approximate surface area is 189 Å². The van der Waals surface area contributed by atoms with Crippen molar-refractivity contribution in [2.24, 2.45) is 0 Å². The third-order valence-corrected chi connectivity index (χ3v) is 7.11. The topological polar surface area (TPSA) is 57.3 Å². The van der Waals surface area contributed by atoms with E-state index in [1.165, 1.54) is 10.5 Å². The Morgan fingerprint density at radius 2 is 1.81 bits per heavy atom. The molecule has 2 aromatic carbocycles. The van der Waals surface area contributed by atoms with E-state index in [1.54, 1.807) is 7.11 Å². The van der Waals surface area contributed by atoms with E-state index < -0.39 is 6.10 Å². The van der Waals surface area contributed by atoms with Crippen LogP contribution in [0.4, 0.5) is 0 Å². The van der Waals surface area contributed by atoms with Gasteiger partial charge < -0.3 is 28.8 Å². The number of nitrogens with zero attached hydrogens (tertiary/aromatic N) is 1. The predicted molar refractivity (Wildman–Crippen MR) is 123 cm³/mol. The minimum atomic E-state index is -0.545. The quantitative estimate of drug-likeness (QED) is 0.622. The van der Waals surface area contributed by atoms with E-state index >= 15 is 0 Å². The highest BCUT2D eigenvalue weighted by atomic mass is 16.7. The number of hydrogen-bond donors (Lipinski definition) is 2. The largest absolute Gasteiger partial charge is 0.497 e. The van der Waals surface area contributed by atoms with E-state index in [2.05, 4.69) is 47.9 Å². The molecule has 1 aromatic heterocycles. The smallest absolute Gasteiger partial charge is 0.179 e. The number of hydrogen-bond acceptors (Lipinski definition) is 4. The molecule has 32 heavy (non-hydrogen) atoms. The number of fused-ring (bicyclic) bond motifs is 1. The maximum atomic E-state index is 11.4. The molecule has 5 rings (SSSR count). The fourth-order valence-corrected chi connectivity index (χ4v) is 5.35. The van der Waals surface area contributed by atoms with Crippen molar-refractivity contribution in [3.63, 3.8) is 0 Å². The van der Waals surface area contributed by atoms with Crippen LogP contribution in [-0.4, -0.2) is 55.4 Å². The van der Waals surface area contributed by atoms with Gasteiger partial charge in [0.05, 0.1) is 46.3 Å². The highest BCUT2D eigenvalue weighted by molar-refractivity contribution is 5.87. The van der Waals surface area contributed by atoms with E-state index in [9.17, 15) is 5.11 Å². The van der Waals surface area contributed by atoms with Crippen molar-refractivity contribution in [3.05, 3.63) is 65.4 Å². The zero-order valence-corrected chi connectivity index (χ0v) is 19.0. The highest BCUT2D eigenvalue weighted by Crippen LogP contribution is 2.34. The molecule has 6 nitrogen and oxygen atoms in total. The summed E-state index contributed by atoms with van der Waals surface area (Å²) in [6.07, 6.45) is 1.23. The Morgan fingerprint density at radius 3 is 2.50 bits per heavy atom. The second kappa shape index (κ2) is 8.87. The van der Waals surface area contributed by atoms with Crippen molar-refractivity contribution in [2.45, 2.75) is 38.2 Å². The summed E-state index contributed by atoms with van der Waals surface area (Å²) in [7, 11) is 1.69. The SMILES string of the molecule is COc1ccc2c(c1)c([C@H](O)C[NH+]1CCC3(CC1)OCCO3)c(C)n2Cc1ccccc1. The van der Waals surface area contributed by atoms with Crippen molar-refractivity contribution in [1.29, 1.82) is 0 Å². The lowest BCUT2D eigenvalue weighted by atomic mass is 10.0. The molecule has 0 radical (unpaired) electrons. The van der Waals surface area contributed by atoms with Crippen LogP contribution in [0.3, 0.4) is 0 Å². The van der Waals surface area contributed by atoms with Gasteiger partial charge in [-0.2, -0.15) is 0 Å². The lowest BCUT2D eigenvalue weighted by Crippen LogP contribution is -3.14. The maximum Gasteiger partial charge on any atom is 0.179 e. The number of benzene rings is 2. The second-order valence-electron chi connectivity index (χ2n) is 9.03. The first-order chi connectivity index (χ1) is 15.6. The van der Waals surface area contributed by atoms with Gasteiger partial charge in [-0.1, -0.05) is 30.3 Å². The molecule has 6 heteroatoms. The molecule has 2 saturated heterocycles. The van der Waals surface area contributed by atoms with Crippen molar-refractivity contribution in [2.75, 3.05) is 40.0 Å². The summed E-state index contributed by atoms with van der Waals surface area (Å²) in [5.74, 6) is 0.439. The Bertz CT molecular complexity index is 1060. The fraction of sp³-hybridized carbons (Fsp3) is 0.462. The number of nitrogens with one attached hydrogen (secondary N) is 1. The van der Waals surface area contributed by atoms with E-state index in [-0.39, 0.29) is 5.79 Å². The average molecular weight is 438 g/mol. The summed E-state index contributed by atoms with van der Waals surface area (Å²) in [5, 5.41) is 12.5. The van der Waals surface area contributed by atoms with Crippen LogP contribution >= 0.6 is 0 Å². The molecular formula is C26H33N2O4+. The number of aliphatic hydroxyl groups is 1. The van der Waals surface area contributed by atoms with Crippen molar-refractivity contribution in [1.82, 2.24) is 4.57 Å². The number of piperidine rings is 1. The number of aliphatic hydroxyl groups excluding tert-OH is 1. The monoisotopic (exact) mass is 437 g/mol. The van der Waals surface area contributed by atoms with Gasteiger partial charge in [-0.15, -0.1) is 0 Å². The Morgan fingerprint density at radius 1 is 1.09 bits per heavy atom. The molecule has 0 aliphatic carbocycles. The number of aromatic nitrogens is 1.